The van der Waals surface area contributed by atoms with Crippen LogP contribution >= 0.6 is 0 Å². The monoisotopic (exact) mass is 828 g/mol. The van der Waals surface area contributed by atoms with Gasteiger partial charge in [-0.3, -0.25) is 4.79 Å². The molecule has 7 aromatic carbocycles. The number of carbonyl (C=O) groups is 2. The summed E-state index contributed by atoms with van der Waals surface area (Å²) in [4.78, 5) is 29.0. The zero-order chi connectivity index (χ0) is 43.3. The number of benzene rings is 7. The van der Waals surface area contributed by atoms with Gasteiger partial charge in [0.1, 0.15) is 17.2 Å². The third-order valence-corrected chi connectivity index (χ3v) is 13.3. The average Bonchev–Trinajstić information content (AvgIpc) is 3.30. The van der Waals surface area contributed by atoms with Gasteiger partial charge in [0.25, 0.3) is 0 Å². The van der Waals surface area contributed by atoms with Crippen LogP contribution in [0.15, 0.2) is 97.1 Å². The van der Waals surface area contributed by atoms with E-state index in [9.17, 15) is 9.59 Å². The molecule has 6 nitrogen and oxygen atoms in total. The second-order valence-corrected chi connectivity index (χ2v) is 17.3. The lowest BCUT2D eigenvalue weighted by atomic mass is 9.83. The Balaban J connectivity index is 1.28. The number of fused-ring (bicyclic) bond motifs is 6. The Morgan fingerprint density at radius 1 is 0.532 bits per heavy atom. The first-order chi connectivity index (χ1) is 30.2. The molecule has 1 saturated carbocycles. The van der Waals surface area contributed by atoms with Crippen molar-refractivity contribution in [2.75, 3.05) is 13.2 Å². The fourth-order valence-electron chi connectivity index (χ4n) is 9.54. The lowest BCUT2D eigenvalue weighted by Crippen LogP contribution is -2.29. The first-order valence-corrected chi connectivity index (χ1v) is 22.9. The highest BCUT2D eigenvalue weighted by molar-refractivity contribution is 6.18. The predicted molar refractivity (Wildman–Crippen MR) is 254 cm³/mol. The minimum atomic E-state index is -0.477. The molecular formula is C56H60O6. The van der Waals surface area contributed by atoms with E-state index in [1.807, 2.05) is 24.3 Å². The van der Waals surface area contributed by atoms with Crippen molar-refractivity contribution in [2.24, 2.45) is 5.92 Å². The Labute approximate surface area is 366 Å². The van der Waals surface area contributed by atoms with E-state index in [1.165, 1.54) is 6.42 Å². The minimum absolute atomic E-state index is 0.173. The summed E-state index contributed by atoms with van der Waals surface area (Å²) in [6.45, 7) is 14.3. The fourth-order valence-corrected chi connectivity index (χ4v) is 9.54. The fraction of sp³-hybridized carbons (Fsp3) is 0.357. The van der Waals surface area contributed by atoms with Crippen LogP contribution in [0.25, 0.3) is 54.2 Å². The number of unbranched alkanes of at least 4 members (excludes halogenated alkanes) is 4. The molecule has 0 radical (unpaired) electrons. The molecule has 0 saturated heterocycles. The molecule has 62 heavy (non-hydrogen) atoms. The quantitative estimate of drug-likeness (QED) is 0.0444. The highest BCUT2D eigenvalue weighted by atomic mass is 16.5. The van der Waals surface area contributed by atoms with Crippen molar-refractivity contribution in [3.05, 3.63) is 125 Å². The van der Waals surface area contributed by atoms with Crippen molar-refractivity contribution >= 4 is 55.0 Å². The van der Waals surface area contributed by atoms with E-state index < -0.39 is 5.97 Å². The van der Waals surface area contributed by atoms with Gasteiger partial charge in [-0.2, -0.15) is 0 Å². The third kappa shape index (κ3) is 8.55. The summed E-state index contributed by atoms with van der Waals surface area (Å²) in [7, 11) is 0. The van der Waals surface area contributed by atoms with Gasteiger partial charge in [-0.25, -0.2) is 4.79 Å². The summed E-state index contributed by atoms with van der Waals surface area (Å²) in [6.07, 6.45) is 9.87. The van der Waals surface area contributed by atoms with E-state index in [1.54, 1.807) is 12.1 Å². The van der Waals surface area contributed by atoms with E-state index in [0.717, 1.165) is 134 Å². The summed E-state index contributed by atoms with van der Waals surface area (Å²) in [5.74, 6) is 0.702. The minimum Gasteiger partial charge on any atom is -0.494 e. The van der Waals surface area contributed by atoms with E-state index in [2.05, 4.69) is 102 Å². The van der Waals surface area contributed by atoms with Crippen LogP contribution in [0, 0.1) is 33.6 Å². The summed E-state index contributed by atoms with van der Waals surface area (Å²) in [5, 5.41) is 8.13. The van der Waals surface area contributed by atoms with Crippen molar-refractivity contribution in [1.82, 2.24) is 0 Å². The van der Waals surface area contributed by atoms with Crippen LogP contribution in [0.1, 0.15) is 111 Å². The highest BCUT2D eigenvalue weighted by Crippen LogP contribution is 2.52. The molecular weight excluding hydrogens is 769 g/mol. The smallest absolute Gasteiger partial charge is 0.343 e. The summed E-state index contributed by atoms with van der Waals surface area (Å²) < 4.78 is 25.7. The highest BCUT2D eigenvalue weighted by Gasteiger charge is 2.32. The van der Waals surface area contributed by atoms with Crippen LogP contribution in [-0.4, -0.2) is 31.3 Å². The molecule has 1 aliphatic carbocycles. The van der Waals surface area contributed by atoms with Crippen molar-refractivity contribution < 1.29 is 28.5 Å². The number of rotatable bonds is 15. The number of aryl methyl sites for hydroxylation is 2. The number of hydrogen-bond acceptors (Lipinski definition) is 6. The van der Waals surface area contributed by atoms with Gasteiger partial charge in [0.05, 0.1) is 24.2 Å². The van der Waals surface area contributed by atoms with Crippen LogP contribution < -0.4 is 14.2 Å². The molecule has 1 aliphatic rings. The number of hydrogen-bond donors (Lipinski definition) is 0. The third-order valence-electron chi connectivity index (χ3n) is 13.3. The SMILES string of the molecule is CCCCCOc1ccc(C(=O)Oc2c(-c3c(C)c(C)c4c(ccc5ccccc54)c3OC(=O)C3CCC(OCCCCC)CC3)c(C)c(C)c3c2ccc2ccccc23)cc1. The van der Waals surface area contributed by atoms with Gasteiger partial charge in [0.2, 0.25) is 0 Å². The molecule has 0 N–H and O–H groups in total. The standard InChI is InChI=1S/C56H60O6/c1-7-9-15-33-59-43-27-21-41(22-28-43)55(57)61-53-47-31-25-39-17-11-13-19-45(39)49(47)35(3)37(5)51(53)52-38(6)36(4)50-46-20-14-12-18-40(46)26-32-48(50)54(52)62-56(58)42-23-29-44(30-24-42)60-34-16-10-8-2/h11-14,17-22,25-28,31-32,42,44H,7-10,15-16,23-24,29-30,33-34H2,1-6H3. The van der Waals surface area contributed by atoms with Crippen LogP contribution in [-0.2, 0) is 9.53 Å². The normalized spacial score (nSPS) is 15.4. The maximum absolute atomic E-state index is 14.6. The molecule has 1 fully saturated rings. The second-order valence-electron chi connectivity index (χ2n) is 17.3. The van der Waals surface area contributed by atoms with Gasteiger partial charge in [-0.1, -0.05) is 100 Å². The lowest BCUT2D eigenvalue weighted by molar-refractivity contribution is -0.140. The lowest BCUT2D eigenvalue weighted by Gasteiger charge is -2.29. The van der Waals surface area contributed by atoms with Gasteiger partial charge in [0, 0.05) is 28.5 Å². The Morgan fingerprint density at radius 2 is 1.05 bits per heavy atom. The van der Waals surface area contributed by atoms with Gasteiger partial charge in [-0.05, 0) is 157 Å². The van der Waals surface area contributed by atoms with Gasteiger partial charge in [0.15, 0.2) is 0 Å². The molecule has 0 atom stereocenters. The zero-order valence-corrected chi connectivity index (χ0v) is 37.3. The molecule has 0 amide bonds. The number of carbonyl (C=O) groups excluding carboxylic acids is 2. The van der Waals surface area contributed by atoms with Gasteiger partial charge >= 0.3 is 11.9 Å². The molecule has 0 unspecified atom stereocenters. The molecule has 7 aromatic rings. The van der Waals surface area contributed by atoms with E-state index in [4.69, 9.17) is 18.9 Å². The summed E-state index contributed by atoms with van der Waals surface area (Å²) >= 11 is 0. The van der Waals surface area contributed by atoms with Crippen molar-refractivity contribution in [3.8, 4) is 28.4 Å². The van der Waals surface area contributed by atoms with Crippen LogP contribution in [0.5, 0.6) is 17.2 Å². The maximum Gasteiger partial charge on any atom is 0.343 e. The number of ether oxygens (including phenoxy) is 4. The maximum atomic E-state index is 14.6. The first kappa shape index (κ1) is 42.9. The Hall–Kier alpha value is -5.72. The number of esters is 2. The van der Waals surface area contributed by atoms with Crippen LogP contribution in [0.3, 0.4) is 0 Å². The second kappa shape index (κ2) is 19.1. The van der Waals surface area contributed by atoms with E-state index >= 15 is 0 Å². The van der Waals surface area contributed by atoms with E-state index in [0.29, 0.717) is 36.5 Å². The van der Waals surface area contributed by atoms with Crippen molar-refractivity contribution in [3.63, 3.8) is 0 Å². The van der Waals surface area contributed by atoms with Crippen molar-refractivity contribution in [2.45, 2.75) is 112 Å². The molecule has 320 valence electrons. The molecule has 8 rings (SSSR count). The molecule has 0 aliphatic heterocycles. The largest absolute Gasteiger partial charge is 0.494 e. The molecule has 0 spiro atoms. The molecule has 0 bridgehead atoms. The average molecular weight is 829 g/mol. The summed E-state index contributed by atoms with van der Waals surface area (Å²) in [5.41, 5.74) is 5.99. The summed E-state index contributed by atoms with van der Waals surface area (Å²) in [6, 6.07) is 32.3. The zero-order valence-electron chi connectivity index (χ0n) is 37.3. The molecule has 0 aromatic heterocycles. The predicted octanol–water partition coefficient (Wildman–Crippen LogP) is 14.7. The first-order valence-electron chi connectivity index (χ1n) is 22.9. The Morgan fingerprint density at radius 3 is 1.60 bits per heavy atom. The molecule has 0 heterocycles. The van der Waals surface area contributed by atoms with Gasteiger partial charge in [-0.15, -0.1) is 0 Å². The topological polar surface area (TPSA) is 71.1 Å². The van der Waals surface area contributed by atoms with Gasteiger partial charge < -0.3 is 18.9 Å². The van der Waals surface area contributed by atoms with E-state index in [-0.39, 0.29) is 18.0 Å². The molecule has 6 heteroatoms. The Bertz CT molecular complexity index is 2760. The van der Waals surface area contributed by atoms with Crippen LogP contribution in [0.2, 0.25) is 0 Å². The van der Waals surface area contributed by atoms with Crippen LogP contribution in [0.4, 0.5) is 0 Å². The van der Waals surface area contributed by atoms with Crippen molar-refractivity contribution in [1.29, 1.82) is 0 Å². The Kier molecular flexibility index (Phi) is 13.2.